The number of carbonyl (C=O) groups is 1. The quantitative estimate of drug-likeness (QED) is 0.686. The Bertz CT molecular complexity index is 1050. The molecule has 1 amide bonds. The largest absolute Gasteiger partial charge is 0.372 e. The minimum atomic E-state index is -3.76. The van der Waals surface area contributed by atoms with E-state index in [4.69, 9.17) is 0 Å². The number of anilines is 1. The zero-order chi connectivity index (χ0) is 23.4. The molecule has 6 nitrogen and oxygen atoms in total. The first-order chi connectivity index (χ1) is 15.8. The first-order valence-corrected chi connectivity index (χ1v) is 13.2. The van der Waals surface area contributed by atoms with Gasteiger partial charge in [0.1, 0.15) is 5.82 Å². The fourth-order valence-corrected chi connectivity index (χ4v) is 6.19. The number of hydrogen-bond acceptors (Lipinski definition) is 4. The summed E-state index contributed by atoms with van der Waals surface area (Å²) < 4.78 is 40.4. The average molecular weight is 474 g/mol. The standard InChI is InChI=1S/C25H32FN3O3S/c1-19(20-7-11-23(12-8-20)28-15-3-2-4-16-28)27-25(30)21-6-5-17-29(18-21)33(31,32)24-13-9-22(26)10-14-24/h7-14,19,21H,2-6,15-18H2,1H3,(H,27,30). The Morgan fingerprint density at radius 2 is 1.64 bits per heavy atom. The summed E-state index contributed by atoms with van der Waals surface area (Å²) in [6.07, 6.45) is 4.99. The molecule has 2 aliphatic heterocycles. The van der Waals surface area contributed by atoms with Gasteiger partial charge in [0.25, 0.3) is 0 Å². The Labute approximate surface area is 195 Å². The second kappa shape index (κ2) is 10.2. The summed E-state index contributed by atoms with van der Waals surface area (Å²) in [6, 6.07) is 13.0. The van der Waals surface area contributed by atoms with E-state index in [9.17, 15) is 17.6 Å². The molecule has 8 heteroatoms. The number of nitrogens with zero attached hydrogens (tertiary/aromatic N) is 2. The summed E-state index contributed by atoms with van der Waals surface area (Å²) in [5, 5.41) is 3.06. The Morgan fingerprint density at radius 3 is 2.30 bits per heavy atom. The lowest BCUT2D eigenvalue weighted by molar-refractivity contribution is -0.126. The molecular weight excluding hydrogens is 441 g/mol. The van der Waals surface area contributed by atoms with Gasteiger partial charge in [-0.15, -0.1) is 0 Å². The molecule has 2 atom stereocenters. The van der Waals surface area contributed by atoms with E-state index in [0.717, 1.165) is 30.8 Å². The molecule has 0 aliphatic carbocycles. The number of sulfonamides is 1. The van der Waals surface area contributed by atoms with E-state index < -0.39 is 21.8 Å². The van der Waals surface area contributed by atoms with Crippen molar-refractivity contribution in [2.45, 2.75) is 50.0 Å². The van der Waals surface area contributed by atoms with E-state index >= 15 is 0 Å². The van der Waals surface area contributed by atoms with Crippen molar-refractivity contribution in [3.63, 3.8) is 0 Å². The van der Waals surface area contributed by atoms with Gasteiger partial charge in [-0.25, -0.2) is 12.8 Å². The molecule has 2 unspecified atom stereocenters. The fraction of sp³-hybridized carbons (Fsp3) is 0.480. The molecule has 4 rings (SSSR count). The van der Waals surface area contributed by atoms with Crippen molar-refractivity contribution in [1.82, 2.24) is 9.62 Å². The molecular formula is C25H32FN3O3S. The fourth-order valence-electron chi connectivity index (χ4n) is 4.67. The predicted octanol–water partition coefficient (Wildman–Crippen LogP) is 4.09. The molecule has 1 N–H and O–H groups in total. The van der Waals surface area contributed by atoms with Crippen LogP contribution >= 0.6 is 0 Å². The van der Waals surface area contributed by atoms with Crippen molar-refractivity contribution in [2.24, 2.45) is 5.92 Å². The van der Waals surface area contributed by atoms with Gasteiger partial charge in [0, 0.05) is 31.9 Å². The zero-order valence-corrected chi connectivity index (χ0v) is 19.9. The second-order valence-electron chi connectivity index (χ2n) is 9.03. The van der Waals surface area contributed by atoms with E-state index in [0.29, 0.717) is 19.4 Å². The van der Waals surface area contributed by atoms with Crippen LogP contribution in [0.5, 0.6) is 0 Å². The highest BCUT2D eigenvalue weighted by molar-refractivity contribution is 7.89. The van der Waals surface area contributed by atoms with Crippen LogP contribution in [0.3, 0.4) is 0 Å². The number of hydrogen-bond donors (Lipinski definition) is 1. The summed E-state index contributed by atoms with van der Waals surface area (Å²) in [4.78, 5) is 15.4. The van der Waals surface area contributed by atoms with Crippen molar-refractivity contribution in [2.75, 3.05) is 31.1 Å². The van der Waals surface area contributed by atoms with Crippen LogP contribution in [-0.4, -0.2) is 44.8 Å². The maximum atomic E-state index is 13.2. The lowest BCUT2D eigenvalue weighted by Crippen LogP contribution is -2.45. The van der Waals surface area contributed by atoms with Crippen LogP contribution in [0.4, 0.5) is 10.1 Å². The van der Waals surface area contributed by atoms with E-state index in [-0.39, 0.29) is 23.4 Å². The molecule has 2 aliphatic rings. The van der Waals surface area contributed by atoms with Crippen LogP contribution in [0.25, 0.3) is 0 Å². The molecule has 178 valence electrons. The highest BCUT2D eigenvalue weighted by Crippen LogP contribution is 2.26. The maximum Gasteiger partial charge on any atom is 0.243 e. The molecule has 0 bridgehead atoms. The molecule has 0 aromatic heterocycles. The lowest BCUT2D eigenvalue weighted by Gasteiger charge is -2.32. The molecule has 0 saturated carbocycles. The van der Waals surface area contributed by atoms with E-state index in [1.807, 2.05) is 6.92 Å². The summed E-state index contributed by atoms with van der Waals surface area (Å²) in [5.74, 6) is -1.03. The third-order valence-electron chi connectivity index (χ3n) is 6.68. The van der Waals surface area contributed by atoms with Crippen LogP contribution in [0.15, 0.2) is 53.4 Å². The normalized spacial score (nSPS) is 20.9. The average Bonchev–Trinajstić information content (AvgIpc) is 2.85. The van der Waals surface area contributed by atoms with Crippen molar-refractivity contribution < 1.29 is 17.6 Å². The third kappa shape index (κ3) is 5.55. The summed E-state index contributed by atoms with van der Waals surface area (Å²) in [7, 11) is -3.76. The van der Waals surface area contributed by atoms with E-state index in [1.54, 1.807) is 0 Å². The van der Waals surface area contributed by atoms with Gasteiger partial charge in [0.05, 0.1) is 16.9 Å². The minimum absolute atomic E-state index is 0.0483. The van der Waals surface area contributed by atoms with Gasteiger partial charge >= 0.3 is 0 Å². The number of piperidine rings is 2. The van der Waals surface area contributed by atoms with Gasteiger partial charge in [-0.3, -0.25) is 4.79 Å². The Hall–Kier alpha value is -2.45. The number of amides is 1. The van der Waals surface area contributed by atoms with Crippen molar-refractivity contribution in [1.29, 1.82) is 0 Å². The number of nitrogens with one attached hydrogen (secondary N) is 1. The number of rotatable bonds is 6. The molecule has 2 aromatic rings. The van der Waals surface area contributed by atoms with Gasteiger partial charge in [-0.05, 0) is 81.0 Å². The first kappa shape index (κ1) is 23.7. The molecule has 2 saturated heterocycles. The molecule has 33 heavy (non-hydrogen) atoms. The second-order valence-corrected chi connectivity index (χ2v) is 11.0. The zero-order valence-electron chi connectivity index (χ0n) is 19.0. The Morgan fingerprint density at radius 1 is 0.970 bits per heavy atom. The number of carbonyl (C=O) groups excluding carboxylic acids is 1. The number of benzene rings is 2. The maximum absolute atomic E-state index is 13.2. The molecule has 2 heterocycles. The SMILES string of the molecule is CC(NC(=O)C1CCCN(S(=O)(=O)c2ccc(F)cc2)C1)c1ccc(N2CCCCC2)cc1. The Kier molecular flexibility index (Phi) is 7.34. The van der Waals surface area contributed by atoms with Gasteiger partial charge in [0.2, 0.25) is 15.9 Å². The van der Waals surface area contributed by atoms with Gasteiger partial charge in [-0.1, -0.05) is 12.1 Å². The summed E-state index contributed by atoms with van der Waals surface area (Å²) >= 11 is 0. The van der Waals surface area contributed by atoms with Crippen LogP contribution in [0.2, 0.25) is 0 Å². The van der Waals surface area contributed by atoms with Crippen LogP contribution in [0, 0.1) is 11.7 Å². The van der Waals surface area contributed by atoms with E-state index in [1.165, 1.54) is 41.4 Å². The Balaban J connectivity index is 1.37. The smallest absolute Gasteiger partial charge is 0.243 e. The molecule has 2 fully saturated rings. The summed E-state index contributed by atoms with van der Waals surface area (Å²) in [6.45, 7) is 4.61. The topological polar surface area (TPSA) is 69.7 Å². The van der Waals surface area contributed by atoms with Gasteiger partial charge < -0.3 is 10.2 Å². The van der Waals surface area contributed by atoms with Crippen molar-refractivity contribution >= 4 is 21.6 Å². The summed E-state index contributed by atoms with van der Waals surface area (Å²) in [5.41, 5.74) is 2.24. The monoisotopic (exact) mass is 473 g/mol. The minimum Gasteiger partial charge on any atom is -0.372 e. The molecule has 0 radical (unpaired) electrons. The highest BCUT2D eigenvalue weighted by atomic mass is 32.2. The van der Waals surface area contributed by atoms with Crippen LogP contribution < -0.4 is 10.2 Å². The van der Waals surface area contributed by atoms with E-state index in [2.05, 4.69) is 34.5 Å². The predicted molar refractivity (Wildman–Crippen MR) is 127 cm³/mol. The number of halogens is 1. The van der Waals surface area contributed by atoms with Gasteiger partial charge in [0.15, 0.2) is 0 Å². The van der Waals surface area contributed by atoms with Crippen molar-refractivity contribution in [3.05, 3.63) is 59.9 Å². The van der Waals surface area contributed by atoms with Crippen LogP contribution in [0.1, 0.15) is 50.6 Å². The van der Waals surface area contributed by atoms with Gasteiger partial charge in [-0.2, -0.15) is 4.31 Å². The van der Waals surface area contributed by atoms with Crippen molar-refractivity contribution in [3.8, 4) is 0 Å². The molecule has 0 spiro atoms. The van der Waals surface area contributed by atoms with Crippen LogP contribution in [-0.2, 0) is 14.8 Å². The third-order valence-corrected chi connectivity index (χ3v) is 8.56. The highest BCUT2D eigenvalue weighted by Gasteiger charge is 2.33. The molecule has 2 aromatic carbocycles. The first-order valence-electron chi connectivity index (χ1n) is 11.8. The lowest BCUT2D eigenvalue weighted by atomic mass is 9.97.